The van der Waals surface area contributed by atoms with E-state index in [0.29, 0.717) is 0 Å². The summed E-state index contributed by atoms with van der Waals surface area (Å²) in [4.78, 5) is 4.68. The van der Waals surface area contributed by atoms with Gasteiger partial charge in [-0.05, 0) is 114 Å². The molecule has 0 saturated heterocycles. The zero-order chi connectivity index (χ0) is 38.4. The van der Waals surface area contributed by atoms with Crippen molar-refractivity contribution in [3.05, 3.63) is 224 Å². The summed E-state index contributed by atoms with van der Waals surface area (Å²) in [5.41, 5.74) is 13.9. The largest absolute Gasteiger partial charge is 0.455 e. The first kappa shape index (κ1) is 33.5. The van der Waals surface area contributed by atoms with Crippen molar-refractivity contribution < 1.29 is 4.42 Å². The Balaban J connectivity index is 1.10. The molecule has 274 valence electrons. The van der Waals surface area contributed by atoms with Gasteiger partial charge in [-0.1, -0.05) is 121 Å². The maximum atomic E-state index is 6.57. The smallest absolute Gasteiger partial charge is 0.145 e. The lowest BCUT2D eigenvalue weighted by atomic mass is 10.0. The van der Waals surface area contributed by atoms with Crippen molar-refractivity contribution in [2.24, 2.45) is 0 Å². The molecule has 0 aliphatic rings. The molecule has 0 aliphatic heterocycles. The first-order chi connectivity index (χ1) is 28.8. The fourth-order valence-corrected chi connectivity index (χ4v) is 8.54. The molecule has 0 amide bonds. The summed E-state index contributed by atoms with van der Waals surface area (Å²) >= 11 is 0. The van der Waals surface area contributed by atoms with Gasteiger partial charge >= 0.3 is 0 Å². The van der Waals surface area contributed by atoms with Gasteiger partial charge in [-0.3, -0.25) is 0 Å². The number of hydrogen-bond acceptors (Lipinski definition) is 3. The average Bonchev–Trinajstić information content (AvgIpc) is 3.84. The van der Waals surface area contributed by atoms with Gasteiger partial charge < -0.3 is 18.8 Å². The summed E-state index contributed by atoms with van der Waals surface area (Å²) in [6.07, 6.45) is 0. The fourth-order valence-electron chi connectivity index (χ4n) is 8.54. The van der Waals surface area contributed by atoms with Gasteiger partial charge in [-0.25, -0.2) is 0 Å². The first-order valence-corrected chi connectivity index (χ1v) is 19.7. The topological polar surface area (TPSA) is 24.6 Å². The van der Waals surface area contributed by atoms with Crippen LogP contribution in [-0.2, 0) is 0 Å². The molecule has 0 N–H and O–H groups in total. The van der Waals surface area contributed by atoms with Gasteiger partial charge in [0.05, 0.1) is 16.4 Å². The van der Waals surface area contributed by atoms with Gasteiger partial charge in [0.1, 0.15) is 11.2 Å². The molecule has 0 aliphatic carbocycles. The lowest BCUT2D eigenvalue weighted by Crippen LogP contribution is -2.13. The highest BCUT2D eigenvalue weighted by atomic mass is 16.3. The number of fused-ring (bicyclic) bond motifs is 7. The monoisotopic (exact) mass is 743 g/mol. The third kappa shape index (κ3) is 5.70. The minimum absolute atomic E-state index is 0.906. The molecule has 2 heterocycles. The Morgan fingerprint density at radius 2 is 0.810 bits per heavy atom. The number of hydrogen-bond donors (Lipinski definition) is 0. The van der Waals surface area contributed by atoms with Gasteiger partial charge in [-0.2, -0.15) is 0 Å². The van der Waals surface area contributed by atoms with Crippen molar-refractivity contribution in [3.8, 4) is 16.8 Å². The van der Waals surface area contributed by atoms with Crippen LogP contribution in [0, 0.1) is 0 Å². The number of rotatable bonds is 8. The van der Waals surface area contributed by atoms with E-state index in [1.54, 1.807) is 0 Å². The lowest BCUT2D eigenvalue weighted by molar-refractivity contribution is 0.673. The molecular weight excluding hydrogens is 707 g/mol. The summed E-state index contributed by atoms with van der Waals surface area (Å²) in [5.74, 6) is 0. The Kier molecular flexibility index (Phi) is 8.11. The van der Waals surface area contributed by atoms with Crippen LogP contribution in [0.5, 0.6) is 0 Å². The van der Waals surface area contributed by atoms with Crippen LogP contribution in [0.2, 0.25) is 0 Å². The normalized spacial score (nSPS) is 11.4. The second-order valence-electron chi connectivity index (χ2n) is 14.6. The van der Waals surface area contributed by atoms with Crippen LogP contribution in [-0.4, -0.2) is 4.57 Å². The van der Waals surface area contributed by atoms with Crippen molar-refractivity contribution in [2.75, 3.05) is 9.80 Å². The molecule has 0 spiro atoms. The summed E-state index contributed by atoms with van der Waals surface area (Å²) in [6.45, 7) is 0. The third-order valence-electron chi connectivity index (χ3n) is 11.1. The Hall–Kier alpha value is -7.82. The molecule has 0 bridgehead atoms. The first-order valence-electron chi connectivity index (χ1n) is 19.7. The van der Waals surface area contributed by atoms with Crippen molar-refractivity contribution in [2.45, 2.75) is 0 Å². The number of furan rings is 1. The van der Waals surface area contributed by atoms with Crippen molar-refractivity contribution in [1.82, 2.24) is 4.57 Å². The van der Waals surface area contributed by atoms with E-state index in [9.17, 15) is 0 Å². The Morgan fingerprint density at radius 3 is 1.36 bits per heavy atom. The Labute approximate surface area is 336 Å². The molecule has 11 aromatic rings. The molecule has 0 fully saturated rings. The molecule has 11 rings (SSSR count). The van der Waals surface area contributed by atoms with Crippen molar-refractivity contribution in [3.63, 3.8) is 0 Å². The van der Waals surface area contributed by atoms with Gasteiger partial charge in [0.2, 0.25) is 0 Å². The predicted molar refractivity (Wildman–Crippen MR) is 243 cm³/mol. The number of anilines is 6. The Morgan fingerprint density at radius 1 is 0.328 bits per heavy atom. The molecular formula is C54H37N3O. The molecule has 2 aromatic heterocycles. The third-order valence-corrected chi connectivity index (χ3v) is 11.1. The van der Waals surface area contributed by atoms with E-state index in [1.165, 1.54) is 5.39 Å². The highest BCUT2D eigenvalue weighted by Gasteiger charge is 2.21. The van der Waals surface area contributed by atoms with Gasteiger partial charge in [-0.15, -0.1) is 0 Å². The summed E-state index contributed by atoms with van der Waals surface area (Å²) in [5, 5.41) is 4.58. The van der Waals surface area contributed by atoms with Gasteiger partial charge in [0.25, 0.3) is 0 Å². The zero-order valence-corrected chi connectivity index (χ0v) is 31.6. The van der Waals surface area contributed by atoms with Crippen LogP contribution in [0.3, 0.4) is 0 Å². The number of benzene rings is 9. The number of para-hydroxylation sites is 6. The van der Waals surface area contributed by atoms with Crippen molar-refractivity contribution in [1.29, 1.82) is 0 Å². The maximum absolute atomic E-state index is 6.57. The Bertz CT molecular complexity index is 3030. The molecule has 0 unspecified atom stereocenters. The molecule has 58 heavy (non-hydrogen) atoms. The minimum Gasteiger partial charge on any atom is -0.455 e. The minimum atomic E-state index is 0.906. The summed E-state index contributed by atoms with van der Waals surface area (Å²) in [6, 6.07) is 79.8. The highest BCUT2D eigenvalue weighted by Crippen LogP contribution is 2.44. The van der Waals surface area contributed by atoms with Gasteiger partial charge in [0, 0.05) is 56.0 Å². The number of nitrogens with zero attached hydrogens (tertiary/aromatic N) is 3. The van der Waals surface area contributed by atoms with Crippen LogP contribution in [0.15, 0.2) is 229 Å². The SMILES string of the molecule is c1ccc(N(c2ccccc2)c2cc(-c3ccc(-n4c5ccccc5c5c6oc7ccccc7c6ccc54)cc3)cc(N(c3ccccc3)c3ccccc3)c2)cc1. The average molecular weight is 744 g/mol. The van der Waals surface area contributed by atoms with E-state index in [0.717, 1.165) is 89.3 Å². The standard InChI is InChI=1S/C54H37N3O/c1-5-17-40(18-6-1)55(41-19-7-2-8-20-41)45-35-39(36-46(37-45)56(42-21-9-3-10-22-42)43-23-11-4-12-24-43)38-29-31-44(32-30-38)57-50-27-15-13-26-49(50)53-51(57)34-33-48-47-25-14-16-28-52(47)58-54(48)53/h1-37H. The molecule has 0 radical (unpaired) electrons. The van der Waals surface area contributed by atoms with E-state index in [1.807, 2.05) is 6.07 Å². The van der Waals surface area contributed by atoms with Gasteiger partial charge in [0.15, 0.2) is 0 Å². The molecule has 0 saturated carbocycles. The highest BCUT2D eigenvalue weighted by molar-refractivity contribution is 6.23. The number of aromatic nitrogens is 1. The molecule has 9 aromatic carbocycles. The van der Waals surface area contributed by atoms with Crippen LogP contribution in [0.25, 0.3) is 60.6 Å². The van der Waals surface area contributed by atoms with Crippen LogP contribution >= 0.6 is 0 Å². The summed E-state index contributed by atoms with van der Waals surface area (Å²) < 4.78 is 8.93. The van der Waals surface area contributed by atoms with E-state index >= 15 is 0 Å². The van der Waals surface area contributed by atoms with E-state index in [4.69, 9.17) is 4.42 Å². The van der Waals surface area contributed by atoms with Crippen LogP contribution in [0.4, 0.5) is 34.1 Å². The van der Waals surface area contributed by atoms with E-state index < -0.39 is 0 Å². The molecule has 4 heteroatoms. The fraction of sp³-hybridized carbons (Fsp3) is 0. The second kappa shape index (κ2) is 14.0. The molecule has 0 atom stereocenters. The summed E-state index contributed by atoms with van der Waals surface area (Å²) in [7, 11) is 0. The van der Waals surface area contributed by atoms with Crippen LogP contribution < -0.4 is 9.80 Å². The zero-order valence-electron chi connectivity index (χ0n) is 31.6. The lowest BCUT2D eigenvalue weighted by Gasteiger charge is -2.30. The van der Waals surface area contributed by atoms with Crippen LogP contribution in [0.1, 0.15) is 0 Å². The molecule has 4 nitrogen and oxygen atoms in total. The van der Waals surface area contributed by atoms with E-state index in [-0.39, 0.29) is 0 Å². The maximum Gasteiger partial charge on any atom is 0.145 e. The quantitative estimate of drug-likeness (QED) is 0.155. The second-order valence-corrected chi connectivity index (χ2v) is 14.6. The predicted octanol–water partition coefficient (Wildman–Crippen LogP) is 15.3. The van der Waals surface area contributed by atoms with E-state index in [2.05, 4.69) is 233 Å². The van der Waals surface area contributed by atoms with Crippen molar-refractivity contribution >= 4 is 77.9 Å².